The summed E-state index contributed by atoms with van der Waals surface area (Å²) in [6.07, 6.45) is 2.58. The Labute approximate surface area is 74.9 Å². The highest BCUT2D eigenvalue weighted by Gasteiger charge is 2.13. The van der Waals surface area contributed by atoms with Crippen LogP contribution in [0.4, 0.5) is 0 Å². The normalized spacial score (nSPS) is 14.3. The van der Waals surface area contributed by atoms with E-state index in [-0.39, 0.29) is 11.7 Å². The van der Waals surface area contributed by atoms with Crippen molar-refractivity contribution in [3.8, 4) is 0 Å². The number of allylic oxidation sites excluding steroid dienone is 1. The molecule has 0 fully saturated rings. The van der Waals surface area contributed by atoms with E-state index in [2.05, 4.69) is 6.58 Å². The van der Waals surface area contributed by atoms with E-state index in [1.54, 1.807) is 13.8 Å². The number of hydrogen-bond donors (Lipinski definition) is 2. The van der Waals surface area contributed by atoms with Gasteiger partial charge in [0.2, 0.25) is 0 Å². The predicted molar refractivity (Wildman–Crippen MR) is 51.1 cm³/mol. The molecule has 1 atom stereocenters. The molecular formula is C10H20O2. The highest BCUT2D eigenvalue weighted by Crippen LogP contribution is 2.18. The Morgan fingerprint density at radius 2 is 2.00 bits per heavy atom. The predicted octanol–water partition coefficient (Wildman–Crippen LogP) is 2.64. The zero-order valence-corrected chi connectivity index (χ0v) is 8.30. The lowest BCUT2D eigenvalue weighted by molar-refractivity contribution is 0.0669. The fraction of sp³-hybridized carbons (Fsp3) is 0.800. The number of aliphatic hydroxyl groups is 2. The van der Waals surface area contributed by atoms with E-state index in [1.165, 1.54) is 0 Å². The van der Waals surface area contributed by atoms with Crippen molar-refractivity contribution in [2.75, 3.05) is 0 Å². The molecule has 0 aromatic carbocycles. The van der Waals surface area contributed by atoms with Crippen molar-refractivity contribution in [3.63, 3.8) is 0 Å². The first-order chi connectivity index (χ1) is 5.33. The van der Waals surface area contributed by atoms with Crippen LogP contribution >= 0.6 is 0 Å². The highest BCUT2D eigenvalue weighted by atomic mass is 16.3. The quantitative estimate of drug-likeness (QED) is 0.626. The summed E-state index contributed by atoms with van der Waals surface area (Å²) in [4.78, 5) is 0. The third kappa shape index (κ3) is 6.23. The fourth-order valence-electron chi connectivity index (χ4n) is 1.01. The number of rotatable bonds is 5. The van der Waals surface area contributed by atoms with Gasteiger partial charge in [-0.1, -0.05) is 13.5 Å². The summed E-state index contributed by atoms with van der Waals surface area (Å²) >= 11 is 0. The molecule has 0 saturated heterocycles. The molecule has 0 aromatic heterocycles. The minimum absolute atomic E-state index is 0.146. The molecule has 0 amide bonds. The number of aliphatic hydroxyl groups excluding tert-OH is 1. The van der Waals surface area contributed by atoms with Crippen molar-refractivity contribution in [1.29, 1.82) is 0 Å². The first-order valence-corrected chi connectivity index (χ1v) is 4.43. The van der Waals surface area contributed by atoms with Crippen molar-refractivity contribution >= 4 is 0 Å². The Balaban J connectivity index is 3.51. The second-order valence-electron chi connectivity index (χ2n) is 4.10. The van der Waals surface area contributed by atoms with Crippen molar-refractivity contribution in [1.82, 2.24) is 0 Å². The maximum atomic E-state index is 9.38. The van der Waals surface area contributed by atoms with Gasteiger partial charge in [-0.2, -0.15) is 0 Å². The van der Waals surface area contributed by atoms with Crippen LogP contribution in [-0.4, -0.2) is 15.8 Å². The molecule has 0 aliphatic heterocycles. The van der Waals surface area contributed by atoms with Gasteiger partial charge in [0.15, 0.2) is 0 Å². The Morgan fingerprint density at radius 3 is 2.33 bits per heavy atom. The Kier molecular flexibility index (Phi) is 4.32. The van der Waals surface area contributed by atoms with E-state index in [1.807, 2.05) is 6.92 Å². The molecule has 1 unspecified atom stereocenters. The van der Waals surface area contributed by atoms with Crippen molar-refractivity contribution in [3.05, 3.63) is 12.3 Å². The van der Waals surface area contributed by atoms with Crippen LogP contribution in [-0.2, 0) is 0 Å². The third-order valence-corrected chi connectivity index (χ3v) is 1.99. The molecule has 0 aromatic rings. The molecule has 0 bridgehead atoms. The van der Waals surface area contributed by atoms with E-state index >= 15 is 0 Å². The zero-order chi connectivity index (χ0) is 9.78. The topological polar surface area (TPSA) is 40.5 Å². The lowest BCUT2D eigenvalue weighted by Crippen LogP contribution is -2.18. The maximum absolute atomic E-state index is 9.38. The Hall–Kier alpha value is -0.500. The standard InChI is InChI=1S/C10H20O2/c1-8(9(2)11)6-5-7-10(3,4)12/h8,11-12H,2,5-7H2,1,3-4H3. The fourth-order valence-corrected chi connectivity index (χ4v) is 1.01. The molecule has 2 N–H and O–H groups in total. The minimum Gasteiger partial charge on any atom is -0.513 e. The van der Waals surface area contributed by atoms with Crippen molar-refractivity contribution in [2.45, 2.75) is 45.6 Å². The minimum atomic E-state index is -0.587. The van der Waals surface area contributed by atoms with Crippen LogP contribution in [0.2, 0.25) is 0 Å². The lowest BCUT2D eigenvalue weighted by atomic mass is 9.96. The van der Waals surface area contributed by atoms with E-state index < -0.39 is 5.60 Å². The Morgan fingerprint density at radius 1 is 1.50 bits per heavy atom. The van der Waals surface area contributed by atoms with Gasteiger partial charge in [0.1, 0.15) is 0 Å². The summed E-state index contributed by atoms with van der Waals surface area (Å²) in [5.74, 6) is 0.387. The van der Waals surface area contributed by atoms with Crippen molar-refractivity contribution in [2.24, 2.45) is 5.92 Å². The van der Waals surface area contributed by atoms with Gasteiger partial charge in [0, 0.05) is 5.92 Å². The average Bonchev–Trinajstić information content (AvgIpc) is 1.84. The molecule has 2 heteroatoms. The van der Waals surface area contributed by atoms with Crippen LogP contribution < -0.4 is 0 Å². The van der Waals surface area contributed by atoms with Gasteiger partial charge in [-0.3, -0.25) is 0 Å². The highest BCUT2D eigenvalue weighted by molar-refractivity contribution is 4.85. The van der Waals surface area contributed by atoms with Crippen LogP contribution in [0.3, 0.4) is 0 Å². The first-order valence-electron chi connectivity index (χ1n) is 4.43. The summed E-state index contributed by atoms with van der Waals surface area (Å²) in [5.41, 5.74) is -0.587. The molecule has 0 radical (unpaired) electrons. The molecule has 0 aliphatic carbocycles. The van der Waals surface area contributed by atoms with Crippen LogP contribution in [0.15, 0.2) is 12.3 Å². The van der Waals surface area contributed by atoms with Crippen LogP contribution in [0.5, 0.6) is 0 Å². The van der Waals surface area contributed by atoms with Gasteiger partial charge < -0.3 is 10.2 Å². The van der Waals surface area contributed by atoms with Gasteiger partial charge in [-0.15, -0.1) is 0 Å². The molecule has 72 valence electrons. The molecule has 0 spiro atoms. The summed E-state index contributed by atoms with van der Waals surface area (Å²) in [6, 6.07) is 0. The van der Waals surface area contributed by atoms with Crippen LogP contribution in [0.1, 0.15) is 40.0 Å². The molecule has 12 heavy (non-hydrogen) atoms. The van der Waals surface area contributed by atoms with Gasteiger partial charge in [0.25, 0.3) is 0 Å². The lowest BCUT2D eigenvalue weighted by Gasteiger charge is -2.17. The maximum Gasteiger partial charge on any atom is 0.0879 e. The van der Waals surface area contributed by atoms with Crippen molar-refractivity contribution < 1.29 is 10.2 Å². The third-order valence-electron chi connectivity index (χ3n) is 1.99. The van der Waals surface area contributed by atoms with Gasteiger partial charge in [-0.25, -0.2) is 0 Å². The summed E-state index contributed by atoms with van der Waals surface area (Å²) in [5, 5.41) is 18.4. The summed E-state index contributed by atoms with van der Waals surface area (Å²) in [6.45, 7) is 8.99. The summed E-state index contributed by atoms with van der Waals surface area (Å²) < 4.78 is 0. The summed E-state index contributed by atoms with van der Waals surface area (Å²) in [7, 11) is 0. The monoisotopic (exact) mass is 172 g/mol. The Bertz CT molecular complexity index is 144. The molecule has 2 nitrogen and oxygen atoms in total. The van der Waals surface area contributed by atoms with Gasteiger partial charge in [-0.05, 0) is 33.1 Å². The van der Waals surface area contributed by atoms with E-state index in [4.69, 9.17) is 5.11 Å². The number of hydrogen-bond acceptors (Lipinski definition) is 2. The zero-order valence-electron chi connectivity index (χ0n) is 8.30. The molecular weight excluding hydrogens is 152 g/mol. The smallest absolute Gasteiger partial charge is 0.0879 e. The molecule has 0 heterocycles. The van der Waals surface area contributed by atoms with E-state index in [9.17, 15) is 5.11 Å². The SMILES string of the molecule is C=C(O)C(C)CCCC(C)(C)O. The van der Waals surface area contributed by atoms with Crippen LogP contribution in [0, 0.1) is 5.92 Å². The molecule has 0 saturated carbocycles. The van der Waals surface area contributed by atoms with Crippen LogP contribution in [0.25, 0.3) is 0 Å². The van der Waals surface area contributed by atoms with Gasteiger partial charge >= 0.3 is 0 Å². The molecule has 0 aliphatic rings. The van der Waals surface area contributed by atoms with E-state index in [0.717, 1.165) is 19.3 Å². The largest absolute Gasteiger partial charge is 0.513 e. The van der Waals surface area contributed by atoms with Gasteiger partial charge in [0.05, 0.1) is 11.4 Å². The average molecular weight is 172 g/mol. The second-order valence-corrected chi connectivity index (χ2v) is 4.10. The van der Waals surface area contributed by atoms with E-state index in [0.29, 0.717) is 0 Å². The second kappa shape index (κ2) is 4.51. The first kappa shape index (κ1) is 11.5. The molecule has 0 rings (SSSR count).